The Bertz CT molecular complexity index is 434. The van der Waals surface area contributed by atoms with Crippen molar-refractivity contribution in [3.8, 4) is 0 Å². The fraction of sp³-hybridized carbons (Fsp3) is 0.533. The van der Waals surface area contributed by atoms with Crippen molar-refractivity contribution < 1.29 is 9.53 Å². The van der Waals surface area contributed by atoms with Gasteiger partial charge in [-0.05, 0) is 50.4 Å². The van der Waals surface area contributed by atoms with Crippen LogP contribution in [0.1, 0.15) is 25.3 Å². The minimum atomic E-state index is -0.0253. The first-order valence-corrected chi connectivity index (χ1v) is 6.90. The molecule has 0 radical (unpaired) electrons. The normalized spacial score (nSPS) is 22.4. The molecule has 2 rings (SSSR count). The topological polar surface area (TPSA) is 64.4 Å². The number of ether oxygens (including phenoxy) is 1. The zero-order chi connectivity index (χ0) is 13.7. The number of hydrogen-bond acceptors (Lipinski definition) is 3. The number of rotatable bonds is 5. The molecule has 2 unspecified atom stereocenters. The lowest BCUT2D eigenvalue weighted by atomic mass is 10.0. The van der Waals surface area contributed by atoms with Crippen LogP contribution in [-0.2, 0) is 16.0 Å². The SMILES string of the molecule is CC1CC(C(=O)Nc2cccc(CCCN)c2)CO1. The van der Waals surface area contributed by atoms with E-state index >= 15 is 0 Å². The number of carbonyl (C=O) groups excluding carboxylic acids is 1. The average Bonchev–Trinajstić information content (AvgIpc) is 2.83. The van der Waals surface area contributed by atoms with Gasteiger partial charge in [-0.3, -0.25) is 4.79 Å². The Labute approximate surface area is 114 Å². The Balaban J connectivity index is 1.93. The van der Waals surface area contributed by atoms with Crippen LogP contribution < -0.4 is 11.1 Å². The second-order valence-corrected chi connectivity index (χ2v) is 5.16. The van der Waals surface area contributed by atoms with Crippen LogP contribution in [0.3, 0.4) is 0 Å². The molecule has 1 heterocycles. The number of amides is 1. The van der Waals surface area contributed by atoms with Gasteiger partial charge in [0.05, 0.1) is 18.6 Å². The highest BCUT2D eigenvalue weighted by atomic mass is 16.5. The molecule has 1 saturated heterocycles. The van der Waals surface area contributed by atoms with Gasteiger partial charge in [-0.1, -0.05) is 12.1 Å². The fourth-order valence-electron chi connectivity index (χ4n) is 2.35. The maximum atomic E-state index is 12.1. The van der Waals surface area contributed by atoms with Crippen LogP contribution in [0.5, 0.6) is 0 Å². The highest BCUT2D eigenvalue weighted by Crippen LogP contribution is 2.21. The second kappa shape index (κ2) is 6.68. The first kappa shape index (κ1) is 14.0. The minimum absolute atomic E-state index is 0.0253. The zero-order valence-corrected chi connectivity index (χ0v) is 11.4. The third-order valence-corrected chi connectivity index (χ3v) is 3.43. The van der Waals surface area contributed by atoms with Crippen molar-refractivity contribution in [3.63, 3.8) is 0 Å². The Morgan fingerprint density at radius 3 is 3.05 bits per heavy atom. The summed E-state index contributed by atoms with van der Waals surface area (Å²) in [6, 6.07) is 7.97. The molecule has 0 aromatic heterocycles. The Morgan fingerprint density at radius 1 is 1.53 bits per heavy atom. The number of benzene rings is 1. The highest BCUT2D eigenvalue weighted by Gasteiger charge is 2.28. The molecule has 1 aliphatic heterocycles. The quantitative estimate of drug-likeness (QED) is 0.852. The third kappa shape index (κ3) is 4.04. The van der Waals surface area contributed by atoms with E-state index in [9.17, 15) is 4.79 Å². The maximum absolute atomic E-state index is 12.1. The zero-order valence-electron chi connectivity index (χ0n) is 11.4. The summed E-state index contributed by atoms with van der Waals surface area (Å²) < 4.78 is 5.43. The van der Waals surface area contributed by atoms with Crippen LogP contribution in [-0.4, -0.2) is 25.2 Å². The van der Waals surface area contributed by atoms with Gasteiger partial charge in [-0.15, -0.1) is 0 Å². The summed E-state index contributed by atoms with van der Waals surface area (Å²) >= 11 is 0. The summed E-state index contributed by atoms with van der Waals surface area (Å²) in [7, 11) is 0. The van der Waals surface area contributed by atoms with Crippen LogP contribution in [0.25, 0.3) is 0 Å². The van der Waals surface area contributed by atoms with E-state index in [1.54, 1.807) is 0 Å². The fourth-order valence-corrected chi connectivity index (χ4v) is 2.35. The van der Waals surface area contributed by atoms with Crippen molar-refractivity contribution in [3.05, 3.63) is 29.8 Å². The molecule has 1 aromatic carbocycles. The molecule has 1 aromatic rings. The number of nitrogens with one attached hydrogen (secondary N) is 1. The molecule has 1 amide bonds. The lowest BCUT2D eigenvalue weighted by Crippen LogP contribution is -2.23. The monoisotopic (exact) mass is 262 g/mol. The smallest absolute Gasteiger partial charge is 0.229 e. The predicted molar refractivity (Wildman–Crippen MR) is 76.0 cm³/mol. The molecule has 19 heavy (non-hydrogen) atoms. The number of hydrogen-bond donors (Lipinski definition) is 2. The number of anilines is 1. The number of carbonyl (C=O) groups is 1. The molecular formula is C15H22N2O2. The van der Waals surface area contributed by atoms with E-state index in [0.717, 1.165) is 24.9 Å². The molecule has 1 aliphatic rings. The standard InChI is InChI=1S/C15H22N2O2/c1-11-8-13(10-19-11)15(18)17-14-6-2-4-12(9-14)5-3-7-16/h2,4,6,9,11,13H,3,5,7-8,10,16H2,1H3,(H,17,18). The lowest BCUT2D eigenvalue weighted by molar-refractivity contribution is -0.119. The molecule has 0 saturated carbocycles. The van der Waals surface area contributed by atoms with Gasteiger partial charge in [-0.2, -0.15) is 0 Å². The van der Waals surface area contributed by atoms with E-state index < -0.39 is 0 Å². The molecule has 0 aliphatic carbocycles. The molecule has 104 valence electrons. The third-order valence-electron chi connectivity index (χ3n) is 3.43. The molecule has 2 atom stereocenters. The van der Waals surface area contributed by atoms with Crippen LogP contribution in [0, 0.1) is 5.92 Å². The van der Waals surface area contributed by atoms with E-state index in [4.69, 9.17) is 10.5 Å². The molecule has 4 nitrogen and oxygen atoms in total. The van der Waals surface area contributed by atoms with Gasteiger partial charge >= 0.3 is 0 Å². The van der Waals surface area contributed by atoms with E-state index in [-0.39, 0.29) is 17.9 Å². The molecule has 1 fully saturated rings. The Kier molecular flexibility index (Phi) is 4.93. The second-order valence-electron chi connectivity index (χ2n) is 5.16. The van der Waals surface area contributed by atoms with Crippen LogP contribution in [0.15, 0.2) is 24.3 Å². The Morgan fingerprint density at radius 2 is 2.37 bits per heavy atom. The Hall–Kier alpha value is -1.39. The van der Waals surface area contributed by atoms with Gasteiger partial charge in [0.2, 0.25) is 5.91 Å². The number of nitrogens with two attached hydrogens (primary N) is 1. The van der Waals surface area contributed by atoms with Gasteiger partial charge in [0.15, 0.2) is 0 Å². The molecular weight excluding hydrogens is 240 g/mol. The minimum Gasteiger partial charge on any atom is -0.378 e. The molecule has 3 N–H and O–H groups in total. The van der Waals surface area contributed by atoms with Crippen molar-refractivity contribution in [2.24, 2.45) is 11.7 Å². The summed E-state index contributed by atoms with van der Waals surface area (Å²) in [6.45, 7) is 3.22. The van der Waals surface area contributed by atoms with Crippen LogP contribution >= 0.6 is 0 Å². The van der Waals surface area contributed by atoms with E-state index in [2.05, 4.69) is 11.4 Å². The van der Waals surface area contributed by atoms with Crippen LogP contribution in [0.4, 0.5) is 5.69 Å². The van der Waals surface area contributed by atoms with Crippen molar-refractivity contribution >= 4 is 11.6 Å². The van der Waals surface area contributed by atoms with Crippen molar-refractivity contribution in [1.82, 2.24) is 0 Å². The van der Waals surface area contributed by atoms with Gasteiger partial charge in [0.25, 0.3) is 0 Å². The van der Waals surface area contributed by atoms with Crippen LogP contribution in [0.2, 0.25) is 0 Å². The van der Waals surface area contributed by atoms with Gasteiger partial charge < -0.3 is 15.8 Å². The van der Waals surface area contributed by atoms with Crippen molar-refractivity contribution in [1.29, 1.82) is 0 Å². The summed E-state index contributed by atoms with van der Waals surface area (Å²) in [5.74, 6) is 0.0306. The van der Waals surface area contributed by atoms with E-state index in [0.29, 0.717) is 13.2 Å². The largest absolute Gasteiger partial charge is 0.378 e. The van der Waals surface area contributed by atoms with Gasteiger partial charge in [-0.25, -0.2) is 0 Å². The first-order chi connectivity index (χ1) is 9.19. The van der Waals surface area contributed by atoms with E-state index in [1.807, 2.05) is 25.1 Å². The summed E-state index contributed by atoms with van der Waals surface area (Å²) in [5.41, 5.74) is 7.58. The van der Waals surface area contributed by atoms with E-state index in [1.165, 1.54) is 5.56 Å². The summed E-state index contributed by atoms with van der Waals surface area (Å²) in [5, 5.41) is 2.97. The summed E-state index contributed by atoms with van der Waals surface area (Å²) in [6.07, 6.45) is 2.90. The molecule has 0 bridgehead atoms. The predicted octanol–water partition coefficient (Wildman–Crippen LogP) is 1.94. The highest BCUT2D eigenvalue weighted by molar-refractivity contribution is 5.92. The lowest BCUT2D eigenvalue weighted by Gasteiger charge is -2.10. The maximum Gasteiger partial charge on any atom is 0.229 e. The van der Waals surface area contributed by atoms with Gasteiger partial charge in [0, 0.05) is 5.69 Å². The summed E-state index contributed by atoms with van der Waals surface area (Å²) in [4.78, 5) is 12.1. The molecule has 0 spiro atoms. The molecule has 4 heteroatoms. The van der Waals surface area contributed by atoms with Crippen molar-refractivity contribution in [2.75, 3.05) is 18.5 Å². The van der Waals surface area contributed by atoms with Gasteiger partial charge in [0.1, 0.15) is 0 Å². The van der Waals surface area contributed by atoms with Crippen molar-refractivity contribution in [2.45, 2.75) is 32.3 Å². The number of aryl methyl sites for hydroxylation is 1. The first-order valence-electron chi connectivity index (χ1n) is 6.90. The average molecular weight is 262 g/mol.